The number of thiazole rings is 1. The van der Waals surface area contributed by atoms with Crippen LogP contribution < -0.4 is 0 Å². The summed E-state index contributed by atoms with van der Waals surface area (Å²) in [6, 6.07) is 7.27. The number of carbonyl (C=O) groups excluding carboxylic acids is 2. The number of nitrogens with zero attached hydrogens (tertiary/aromatic N) is 2. The van der Waals surface area contributed by atoms with Gasteiger partial charge in [-0.15, -0.1) is 11.3 Å². The van der Waals surface area contributed by atoms with Gasteiger partial charge in [-0.25, -0.2) is 9.78 Å². The van der Waals surface area contributed by atoms with Crippen molar-refractivity contribution in [3.05, 3.63) is 52.1 Å². The number of carbonyl (C=O) groups is 2. The van der Waals surface area contributed by atoms with Crippen molar-refractivity contribution >= 4 is 34.1 Å². The van der Waals surface area contributed by atoms with Crippen LogP contribution in [-0.4, -0.2) is 32.1 Å². The largest absolute Gasteiger partial charge is 0.443 e. The van der Waals surface area contributed by atoms with Gasteiger partial charge in [0, 0.05) is 29.5 Å². The maximum atomic E-state index is 12.5. The SMILES string of the molecule is CC(=O)c1csc(C(O)c2cn(C(=O)OC(C)(C)C)c3ccccc23)n1. The summed E-state index contributed by atoms with van der Waals surface area (Å²) in [5, 5.41) is 13.5. The predicted molar refractivity (Wildman–Crippen MR) is 99.8 cm³/mol. The van der Waals surface area contributed by atoms with Crippen LogP contribution in [0.5, 0.6) is 0 Å². The topological polar surface area (TPSA) is 81.4 Å². The summed E-state index contributed by atoms with van der Waals surface area (Å²) in [4.78, 5) is 28.2. The van der Waals surface area contributed by atoms with Crippen LogP contribution in [0.25, 0.3) is 10.9 Å². The van der Waals surface area contributed by atoms with E-state index in [1.165, 1.54) is 22.8 Å². The molecule has 1 unspecified atom stereocenters. The molecule has 0 aliphatic rings. The molecule has 7 heteroatoms. The number of aliphatic hydroxyl groups is 1. The molecular weight excluding hydrogens is 352 g/mol. The van der Waals surface area contributed by atoms with Crippen LogP contribution in [0.15, 0.2) is 35.8 Å². The minimum atomic E-state index is -1.04. The summed E-state index contributed by atoms with van der Waals surface area (Å²) in [7, 11) is 0. The number of ketones is 1. The van der Waals surface area contributed by atoms with Crippen LogP contribution in [0.4, 0.5) is 4.79 Å². The highest BCUT2D eigenvalue weighted by Crippen LogP contribution is 2.32. The van der Waals surface area contributed by atoms with Gasteiger partial charge in [0.25, 0.3) is 0 Å². The molecular formula is C19H20N2O4S. The van der Waals surface area contributed by atoms with Crippen molar-refractivity contribution in [2.24, 2.45) is 0 Å². The Labute approximate surface area is 155 Å². The molecule has 1 atom stereocenters. The van der Waals surface area contributed by atoms with E-state index in [2.05, 4.69) is 4.98 Å². The first kappa shape index (κ1) is 18.3. The number of hydrogen-bond donors (Lipinski definition) is 1. The molecule has 0 aliphatic heterocycles. The molecule has 136 valence electrons. The lowest BCUT2D eigenvalue weighted by Gasteiger charge is -2.19. The van der Waals surface area contributed by atoms with Gasteiger partial charge in [0.05, 0.1) is 5.52 Å². The number of rotatable bonds is 3. The molecule has 2 heterocycles. The lowest BCUT2D eigenvalue weighted by molar-refractivity contribution is 0.0543. The summed E-state index contributed by atoms with van der Waals surface area (Å²) >= 11 is 1.21. The van der Waals surface area contributed by atoms with Gasteiger partial charge >= 0.3 is 6.09 Å². The molecule has 0 amide bonds. The van der Waals surface area contributed by atoms with E-state index < -0.39 is 17.8 Å². The molecule has 2 aromatic heterocycles. The average Bonchev–Trinajstić information content (AvgIpc) is 3.18. The molecule has 1 aromatic carbocycles. The Kier molecular flexibility index (Phi) is 4.68. The predicted octanol–water partition coefficient (Wildman–Crippen LogP) is 4.17. The number of para-hydroxylation sites is 1. The minimum Gasteiger partial charge on any atom is -0.443 e. The van der Waals surface area contributed by atoms with Crippen LogP contribution in [0.2, 0.25) is 0 Å². The average molecular weight is 372 g/mol. The van der Waals surface area contributed by atoms with Crippen molar-refractivity contribution in [3.63, 3.8) is 0 Å². The number of aromatic nitrogens is 2. The van der Waals surface area contributed by atoms with E-state index in [-0.39, 0.29) is 5.78 Å². The molecule has 0 bridgehead atoms. The summed E-state index contributed by atoms with van der Waals surface area (Å²) < 4.78 is 6.84. The molecule has 0 saturated heterocycles. The smallest absolute Gasteiger partial charge is 0.419 e. The van der Waals surface area contributed by atoms with Crippen LogP contribution in [0, 0.1) is 0 Å². The highest BCUT2D eigenvalue weighted by atomic mass is 32.1. The molecule has 0 fully saturated rings. The minimum absolute atomic E-state index is 0.157. The van der Waals surface area contributed by atoms with Crippen LogP contribution >= 0.6 is 11.3 Å². The Morgan fingerprint density at radius 3 is 2.58 bits per heavy atom. The highest BCUT2D eigenvalue weighted by Gasteiger charge is 2.25. The number of aliphatic hydroxyl groups excluding tert-OH is 1. The number of hydrogen-bond acceptors (Lipinski definition) is 6. The van der Waals surface area contributed by atoms with Crippen LogP contribution in [0.3, 0.4) is 0 Å². The van der Waals surface area contributed by atoms with Gasteiger partial charge in [-0.05, 0) is 26.8 Å². The number of benzene rings is 1. The zero-order valence-corrected chi connectivity index (χ0v) is 15.8. The lowest BCUT2D eigenvalue weighted by atomic mass is 10.1. The van der Waals surface area contributed by atoms with Crippen molar-refractivity contribution < 1.29 is 19.4 Å². The van der Waals surface area contributed by atoms with Crippen molar-refractivity contribution in [1.29, 1.82) is 0 Å². The molecule has 26 heavy (non-hydrogen) atoms. The Morgan fingerprint density at radius 1 is 1.27 bits per heavy atom. The van der Waals surface area contributed by atoms with E-state index >= 15 is 0 Å². The van der Waals surface area contributed by atoms with Crippen LogP contribution in [0.1, 0.15) is 54.9 Å². The molecule has 3 aromatic rings. The maximum absolute atomic E-state index is 12.5. The van der Waals surface area contributed by atoms with Gasteiger partial charge in [-0.1, -0.05) is 18.2 Å². The van der Waals surface area contributed by atoms with E-state index in [9.17, 15) is 14.7 Å². The zero-order chi connectivity index (χ0) is 19.1. The van der Waals surface area contributed by atoms with Crippen molar-refractivity contribution in [1.82, 2.24) is 9.55 Å². The fourth-order valence-corrected chi connectivity index (χ4v) is 3.45. The monoisotopic (exact) mass is 372 g/mol. The van der Waals surface area contributed by atoms with Crippen LogP contribution in [-0.2, 0) is 4.74 Å². The van der Waals surface area contributed by atoms with Gasteiger partial charge in [0.15, 0.2) is 5.78 Å². The fraction of sp³-hybridized carbons (Fsp3) is 0.316. The quantitative estimate of drug-likeness (QED) is 0.698. The standard InChI is InChI=1S/C19H20N2O4S/c1-11(22)14-10-26-17(20-14)16(23)13-9-21(18(24)25-19(2,3)4)15-8-6-5-7-12(13)15/h5-10,16,23H,1-4H3. The molecule has 0 radical (unpaired) electrons. The lowest BCUT2D eigenvalue weighted by Crippen LogP contribution is -2.26. The zero-order valence-electron chi connectivity index (χ0n) is 15.0. The summed E-state index contributed by atoms with van der Waals surface area (Å²) in [5.74, 6) is -0.157. The third kappa shape index (κ3) is 3.54. The fourth-order valence-electron chi connectivity index (χ4n) is 2.59. The first-order valence-corrected chi connectivity index (χ1v) is 9.03. The second-order valence-electron chi connectivity index (χ2n) is 6.98. The van der Waals surface area contributed by atoms with E-state index in [4.69, 9.17) is 4.74 Å². The molecule has 0 saturated carbocycles. The number of fused-ring (bicyclic) bond motifs is 1. The number of Topliss-reactive ketones (excluding diaryl/α,β-unsaturated/α-hetero) is 1. The summed E-state index contributed by atoms with van der Waals surface area (Å²) in [6.45, 7) is 6.82. The third-order valence-electron chi connectivity index (χ3n) is 3.74. The van der Waals surface area contributed by atoms with E-state index in [1.54, 1.807) is 38.4 Å². The van der Waals surface area contributed by atoms with E-state index in [1.807, 2.05) is 18.2 Å². The van der Waals surface area contributed by atoms with Gasteiger partial charge in [0.1, 0.15) is 22.4 Å². The summed E-state index contributed by atoms with van der Waals surface area (Å²) in [5.41, 5.74) is 0.863. The van der Waals surface area contributed by atoms with Gasteiger partial charge in [-0.2, -0.15) is 0 Å². The van der Waals surface area contributed by atoms with Gasteiger partial charge in [-0.3, -0.25) is 9.36 Å². The molecule has 6 nitrogen and oxygen atoms in total. The van der Waals surface area contributed by atoms with Gasteiger partial charge < -0.3 is 9.84 Å². The number of ether oxygens (including phenoxy) is 1. The molecule has 1 N–H and O–H groups in total. The Bertz CT molecular complexity index is 981. The van der Waals surface area contributed by atoms with Crippen molar-refractivity contribution in [2.75, 3.05) is 0 Å². The first-order chi connectivity index (χ1) is 12.2. The molecule has 0 spiro atoms. The summed E-state index contributed by atoms with van der Waals surface area (Å²) in [6.07, 6.45) is 0.00974. The normalized spacial score (nSPS) is 13.0. The second-order valence-corrected chi connectivity index (χ2v) is 7.87. The van der Waals surface area contributed by atoms with E-state index in [0.29, 0.717) is 21.8 Å². The maximum Gasteiger partial charge on any atom is 0.419 e. The van der Waals surface area contributed by atoms with Crippen molar-refractivity contribution in [3.8, 4) is 0 Å². The molecule has 0 aliphatic carbocycles. The van der Waals surface area contributed by atoms with Gasteiger partial charge in [0.2, 0.25) is 0 Å². The molecule has 3 rings (SSSR count). The third-order valence-corrected chi connectivity index (χ3v) is 4.64. The second kappa shape index (κ2) is 6.66. The van der Waals surface area contributed by atoms with Crippen molar-refractivity contribution in [2.45, 2.75) is 39.4 Å². The first-order valence-electron chi connectivity index (χ1n) is 8.15. The Morgan fingerprint density at radius 2 is 1.96 bits per heavy atom. The Balaban J connectivity index is 2.06. The highest BCUT2D eigenvalue weighted by molar-refractivity contribution is 7.09. The Hall–Kier alpha value is -2.51. The van der Waals surface area contributed by atoms with E-state index in [0.717, 1.165) is 5.39 Å².